The van der Waals surface area contributed by atoms with Crippen molar-refractivity contribution >= 4 is 0 Å². The highest BCUT2D eigenvalue weighted by atomic mass is 16.4. The van der Waals surface area contributed by atoms with E-state index in [4.69, 9.17) is 0 Å². The summed E-state index contributed by atoms with van der Waals surface area (Å²) in [5, 5.41) is 51.4. The average Bonchev–Trinajstić information content (AvgIpc) is 2.48. The zero-order chi connectivity index (χ0) is 14.7. The molecule has 112 valence electrons. The van der Waals surface area contributed by atoms with Gasteiger partial charge in [0.05, 0.1) is 18.3 Å². The van der Waals surface area contributed by atoms with Crippen molar-refractivity contribution in [1.29, 1.82) is 0 Å². The van der Waals surface area contributed by atoms with Crippen LogP contribution in [-0.2, 0) is 0 Å². The molecule has 1 aliphatic rings. The topological polar surface area (TPSA) is 113 Å². The van der Waals surface area contributed by atoms with Crippen LogP contribution in [-0.4, -0.2) is 62.5 Å². The molecule has 6 nitrogen and oxygen atoms in total. The first-order valence-electron chi connectivity index (χ1n) is 6.69. The molecule has 1 saturated carbocycles. The minimum absolute atomic E-state index is 0.112. The van der Waals surface area contributed by atoms with Crippen molar-refractivity contribution in [1.82, 2.24) is 5.32 Å². The van der Waals surface area contributed by atoms with Gasteiger partial charge >= 0.3 is 0 Å². The molecule has 20 heavy (non-hydrogen) atoms. The summed E-state index contributed by atoms with van der Waals surface area (Å²) in [4.78, 5) is 0. The van der Waals surface area contributed by atoms with E-state index in [0.29, 0.717) is 0 Å². The summed E-state index contributed by atoms with van der Waals surface area (Å²) < 4.78 is 0. The van der Waals surface area contributed by atoms with Crippen LogP contribution in [0.4, 0.5) is 0 Å². The standard InChI is InChI=1S/C14H21NO5/c16-10-6-9(12(18)14(20)13(10)19)15-7-11(17)8-4-2-1-3-5-8/h1-5,9-20H,6-7H2/t9-,10+,11?,12-,13-,14-/m0/s1. The lowest BCUT2D eigenvalue weighted by atomic mass is 9.85. The number of rotatable bonds is 4. The SMILES string of the molecule is OC(CN[C@H]1C[C@@H](O)[C@H](O)[C@@H](O)[C@H]1O)c1ccccc1. The van der Waals surface area contributed by atoms with E-state index in [1.54, 1.807) is 12.1 Å². The quantitative estimate of drug-likeness (QED) is 0.402. The highest BCUT2D eigenvalue weighted by molar-refractivity contribution is 5.17. The molecule has 6 heteroatoms. The summed E-state index contributed by atoms with van der Waals surface area (Å²) in [7, 11) is 0. The van der Waals surface area contributed by atoms with Crippen LogP contribution < -0.4 is 5.32 Å². The molecular formula is C14H21NO5. The average molecular weight is 283 g/mol. The molecule has 0 heterocycles. The molecule has 2 rings (SSSR count). The first-order valence-corrected chi connectivity index (χ1v) is 6.69. The van der Waals surface area contributed by atoms with Crippen molar-refractivity contribution < 1.29 is 25.5 Å². The Morgan fingerprint density at radius 3 is 2.30 bits per heavy atom. The normalized spacial score (nSPS) is 35.8. The molecule has 1 aliphatic carbocycles. The van der Waals surface area contributed by atoms with E-state index in [0.717, 1.165) is 5.56 Å². The van der Waals surface area contributed by atoms with E-state index in [1.807, 2.05) is 18.2 Å². The molecule has 1 aromatic rings. The Bertz CT molecular complexity index is 415. The van der Waals surface area contributed by atoms with Gasteiger partial charge in [0.1, 0.15) is 12.2 Å². The number of nitrogens with one attached hydrogen (secondary N) is 1. The maximum atomic E-state index is 10.0. The molecule has 0 amide bonds. The van der Waals surface area contributed by atoms with E-state index in [-0.39, 0.29) is 13.0 Å². The van der Waals surface area contributed by atoms with Gasteiger partial charge in [-0.1, -0.05) is 30.3 Å². The molecule has 1 fully saturated rings. The van der Waals surface area contributed by atoms with E-state index >= 15 is 0 Å². The van der Waals surface area contributed by atoms with Crippen molar-refractivity contribution in [2.45, 2.75) is 43.0 Å². The fourth-order valence-electron chi connectivity index (χ4n) is 2.47. The molecule has 0 aromatic heterocycles. The van der Waals surface area contributed by atoms with Gasteiger partial charge in [0.25, 0.3) is 0 Å². The minimum Gasteiger partial charge on any atom is -0.390 e. The first-order chi connectivity index (χ1) is 9.50. The predicted molar refractivity (Wildman–Crippen MR) is 71.8 cm³/mol. The largest absolute Gasteiger partial charge is 0.390 e. The lowest BCUT2D eigenvalue weighted by molar-refractivity contribution is -0.147. The Labute approximate surface area is 117 Å². The van der Waals surface area contributed by atoms with Crippen LogP contribution in [0.25, 0.3) is 0 Å². The van der Waals surface area contributed by atoms with Crippen LogP contribution in [0.3, 0.4) is 0 Å². The number of aliphatic hydroxyl groups is 5. The third-order valence-corrected chi connectivity index (χ3v) is 3.76. The van der Waals surface area contributed by atoms with Gasteiger partial charge in [-0.15, -0.1) is 0 Å². The Morgan fingerprint density at radius 1 is 1.00 bits per heavy atom. The molecule has 1 unspecified atom stereocenters. The number of hydrogen-bond donors (Lipinski definition) is 6. The molecule has 6 N–H and O–H groups in total. The Kier molecular flexibility index (Phi) is 5.09. The van der Waals surface area contributed by atoms with Gasteiger partial charge in [0.2, 0.25) is 0 Å². The van der Waals surface area contributed by atoms with Crippen LogP contribution in [0.5, 0.6) is 0 Å². The van der Waals surface area contributed by atoms with E-state index in [1.165, 1.54) is 0 Å². The van der Waals surface area contributed by atoms with Gasteiger partial charge in [-0.25, -0.2) is 0 Å². The molecule has 0 saturated heterocycles. The zero-order valence-corrected chi connectivity index (χ0v) is 11.0. The van der Waals surface area contributed by atoms with Crippen molar-refractivity contribution in [2.24, 2.45) is 0 Å². The van der Waals surface area contributed by atoms with E-state index < -0.39 is 36.6 Å². The van der Waals surface area contributed by atoms with Crippen LogP contribution in [0.1, 0.15) is 18.1 Å². The minimum atomic E-state index is -1.40. The van der Waals surface area contributed by atoms with Crippen LogP contribution in [0, 0.1) is 0 Å². The summed E-state index contributed by atoms with van der Waals surface area (Å²) in [6.07, 6.45) is -5.66. The summed E-state index contributed by atoms with van der Waals surface area (Å²) >= 11 is 0. The second-order valence-corrected chi connectivity index (χ2v) is 5.22. The first kappa shape index (κ1) is 15.4. The second kappa shape index (κ2) is 6.62. The van der Waals surface area contributed by atoms with E-state index in [2.05, 4.69) is 5.32 Å². The van der Waals surface area contributed by atoms with Crippen LogP contribution in [0.2, 0.25) is 0 Å². The van der Waals surface area contributed by atoms with Gasteiger partial charge < -0.3 is 30.8 Å². The molecule has 0 spiro atoms. The molecule has 0 aliphatic heterocycles. The van der Waals surface area contributed by atoms with Gasteiger partial charge in [0.15, 0.2) is 0 Å². The van der Waals surface area contributed by atoms with Crippen molar-refractivity contribution in [3.8, 4) is 0 Å². The van der Waals surface area contributed by atoms with Crippen molar-refractivity contribution in [3.63, 3.8) is 0 Å². The van der Waals surface area contributed by atoms with Gasteiger partial charge in [0, 0.05) is 12.6 Å². The summed E-state index contributed by atoms with van der Waals surface area (Å²) in [6, 6.07) is 8.48. The highest BCUT2D eigenvalue weighted by Crippen LogP contribution is 2.21. The monoisotopic (exact) mass is 283 g/mol. The summed E-state index contributed by atoms with van der Waals surface area (Å²) in [5.41, 5.74) is 0.742. The van der Waals surface area contributed by atoms with Gasteiger partial charge in [-0.2, -0.15) is 0 Å². The summed E-state index contributed by atoms with van der Waals surface area (Å²) in [6.45, 7) is 0.182. The fourth-order valence-corrected chi connectivity index (χ4v) is 2.47. The van der Waals surface area contributed by atoms with Crippen molar-refractivity contribution in [3.05, 3.63) is 35.9 Å². The third kappa shape index (κ3) is 3.35. The molecule has 1 aromatic carbocycles. The smallest absolute Gasteiger partial charge is 0.110 e. The van der Waals surface area contributed by atoms with Crippen molar-refractivity contribution in [2.75, 3.05) is 6.54 Å². The Hall–Kier alpha value is -1.02. The van der Waals surface area contributed by atoms with E-state index in [9.17, 15) is 25.5 Å². The number of hydrogen-bond acceptors (Lipinski definition) is 6. The Morgan fingerprint density at radius 2 is 1.65 bits per heavy atom. The lowest BCUT2D eigenvalue weighted by Crippen LogP contribution is -2.60. The zero-order valence-electron chi connectivity index (χ0n) is 11.0. The number of aliphatic hydroxyl groups excluding tert-OH is 5. The predicted octanol–water partition coefficient (Wildman–Crippen LogP) is -1.47. The molecular weight excluding hydrogens is 262 g/mol. The molecule has 0 radical (unpaired) electrons. The Balaban J connectivity index is 1.90. The lowest BCUT2D eigenvalue weighted by Gasteiger charge is -2.39. The maximum Gasteiger partial charge on any atom is 0.110 e. The van der Waals surface area contributed by atoms with Gasteiger partial charge in [-0.05, 0) is 12.0 Å². The van der Waals surface area contributed by atoms with Crippen LogP contribution in [0.15, 0.2) is 30.3 Å². The van der Waals surface area contributed by atoms with Gasteiger partial charge in [-0.3, -0.25) is 0 Å². The second-order valence-electron chi connectivity index (χ2n) is 5.22. The van der Waals surface area contributed by atoms with Crippen LogP contribution >= 0.6 is 0 Å². The maximum absolute atomic E-state index is 10.0. The molecule has 6 atom stereocenters. The highest BCUT2D eigenvalue weighted by Gasteiger charge is 2.41. The fraction of sp³-hybridized carbons (Fsp3) is 0.571. The summed E-state index contributed by atoms with van der Waals surface area (Å²) in [5.74, 6) is 0. The number of benzene rings is 1. The molecule has 0 bridgehead atoms. The third-order valence-electron chi connectivity index (χ3n) is 3.76.